The van der Waals surface area contributed by atoms with Crippen LogP contribution in [0.25, 0.3) is 6.05 Å². The Labute approximate surface area is 176 Å². The lowest BCUT2D eigenvalue weighted by molar-refractivity contribution is 1.16. The van der Waals surface area contributed by atoms with Gasteiger partial charge in [0.05, 0.1) is 25.9 Å². The summed E-state index contributed by atoms with van der Waals surface area (Å²) >= 11 is 0. The third-order valence-electron chi connectivity index (χ3n) is 3.48. The topological polar surface area (TPSA) is 97.4 Å². The lowest BCUT2D eigenvalue weighted by Crippen LogP contribution is -2.02. The summed E-state index contributed by atoms with van der Waals surface area (Å²) in [6.07, 6.45) is 1.32. The largest absolute Gasteiger partial charge is 0.340 e. The molecule has 0 radical (unpaired) electrons. The molecule has 0 fully saturated rings. The number of hydrogen-bond donors (Lipinski definition) is 2. The molecule has 2 aromatic carbocycles. The first-order chi connectivity index (χ1) is 17.3. The molecule has 1 heterocycles. The van der Waals surface area contributed by atoms with Crippen molar-refractivity contribution >= 4 is 29.2 Å². The summed E-state index contributed by atoms with van der Waals surface area (Å²) in [5.74, 6) is 0.00653. The number of aryl methyl sites for hydroxylation is 2. The van der Waals surface area contributed by atoms with E-state index >= 15 is 0 Å². The van der Waals surface area contributed by atoms with E-state index in [1.165, 1.54) is 24.4 Å². The van der Waals surface area contributed by atoms with E-state index in [0.717, 1.165) is 0 Å². The molecular weight excluding hydrogens is 348 g/mol. The number of aromatic nitrogens is 2. The van der Waals surface area contributed by atoms with Gasteiger partial charge in [0.25, 0.3) is 0 Å². The number of hydrogen-bond acceptors (Lipinski definition) is 6. The molecule has 0 saturated carbocycles. The number of rotatable bonds is 5. The summed E-state index contributed by atoms with van der Waals surface area (Å²) in [7, 11) is 0. The minimum atomic E-state index is -2.62. The van der Waals surface area contributed by atoms with E-state index in [2.05, 4.69) is 20.6 Å². The SMILES string of the molecule is [2H]/C(C#N)=C(/[2H])c1cc(C)c(Nc2ccnc(Nc3c([2H])c([2H])c(C#N)c([2H])c3[2H])n2)c(C([2H])([2H])[2H])c1. The quantitative estimate of drug-likeness (QED) is 0.610. The van der Waals surface area contributed by atoms with Crippen molar-refractivity contribution in [2.75, 3.05) is 10.6 Å². The van der Waals surface area contributed by atoms with Crippen LogP contribution in [0.2, 0.25) is 0 Å². The Balaban J connectivity index is 2.05. The molecule has 0 aliphatic carbocycles. The zero-order chi connectivity index (χ0) is 27.7. The first-order valence-corrected chi connectivity index (χ1v) is 7.90. The maximum atomic E-state index is 9.11. The van der Waals surface area contributed by atoms with E-state index in [9.17, 15) is 0 Å². The van der Waals surface area contributed by atoms with Crippen molar-refractivity contribution in [3.05, 3.63) is 76.9 Å². The maximum Gasteiger partial charge on any atom is 0.229 e. The van der Waals surface area contributed by atoms with E-state index < -0.39 is 48.7 Å². The molecule has 1 aromatic heterocycles. The van der Waals surface area contributed by atoms with Gasteiger partial charge in [-0.25, -0.2) is 4.98 Å². The van der Waals surface area contributed by atoms with Crippen LogP contribution in [0.1, 0.15) is 34.6 Å². The van der Waals surface area contributed by atoms with Gasteiger partial charge >= 0.3 is 0 Å². The summed E-state index contributed by atoms with van der Waals surface area (Å²) in [6.45, 7) is -1.03. The standard InChI is InChI=1S/C22H18N6/c1-15-12-18(4-3-10-23)13-16(2)21(15)27-20-9-11-25-22(28-20)26-19-7-5-17(14-24)6-8-19/h3-9,11-13H,1-2H3,(H2,25,26,27,28)/b4-3+/i1D3,3D,4D,5D,6D,7D,8D. The summed E-state index contributed by atoms with van der Waals surface area (Å²) in [6, 6.07) is 4.27. The average Bonchev–Trinajstić information content (AvgIpc) is 2.85. The van der Waals surface area contributed by atoms with Crippen LogP contribution in [-0.2, 0) is 0 Å². The first kappa shape index (κ1) is 10.2. The zero-order valence-electron chi connectivity index (χ0n) is 23.6. The highest BCUT2D eigenvalue weighted by atomic mass is 15.1. The lowest BCUT2D eigenvalue weighted by Gasteiger charge is -2.14. The van der Waals surface area contributed by atoms with Crippen molar-refractivity contribution in [3.63, 3.8) is 0 Å². The average molecular weight is 375 g/mol. The molecule has 0 amide bonds. The third-order valence-corrected chi connectivity index (χ3v) is 3.48. The molecule has 0 spiro atoms. The molecule has 0 aliphatic rings. The van der Waals surface area contributed by atoms with Gasteiger partial charge in [0.15, 0.2) is 0 Å². The second-order valence-electron chi connectivity index (χ2n) is 5.45. The summed E-state index contributed by atoms with van der Waals surface area (Å²) in [5, 5.41) is 23.6. The maximum absolute atomic E-state index is 9.11. The molecule has 2 N–H and O–H groups in total. The van der Waals surface area contributed by atoms with Crippen LogP contribution in [0, 0.1) is 36.4 Å². The van der Waals surface area contributed by atoms with Gasteiger partial charge < -0.3 is 10.6 Å². The molecule has 0 saturated heterocycles. The molecule has 6 heteroatoms. The molecule has 28 heavy (non-hydrogen) atoms. The highest BCUT2D eigenvalue weighted by molar-refractivity contribution is 5.69. The van der Waals surface area contributed by atoms with Crippen LogP contribution in [-0.4, -0.2) is 9.97 Å². The van der Waals surface area contributed by atoms with Gasteiger partial charge in [-0.3, -0.25) is 0 Å². The monoisotopic (exact) mass is 375 g/mol. The second-order valence-corrected chi connectivity index (χ2v) is 5.45. The van der Waals surface area contributed by atoms with Crippen LogP contribution in [0.5, 0.6) is 0 Å². The Bertz CT molecular complexity index is 1490. The highest BCUT2D eigenvalue weighted by Gasteiger charge is 2.07. The van der Waals surface area contributed by atoms with Gasteiger partial charge in [-0.1, -0.05) is 0 Å². The number of nitrogens with one attached hydrogen (secondary N) is 2. The Morgan fingerprint density at radius 1 is 1.18 bits per heavy atom. The molecule has 0 atom stereocenters. The van der Waals surface area contributed by atoms with Crippen molar-refractivity contribution in [2.45, 2.75) is 13.8 Å². The van der Waals surface area contributed by atoms with Gasteiger partial charge in [-0.05, 0) is 78.9 Å². The normalized spacial score (nSPS) is 16.0. The van der Waals surface area contributed by atoms with Crippen LogP contribution < -0.4 is 10.6 Å². The van der Waals surface area contributed by atoms with E-state index in [-0.39, 0.29) is 34.3 Å². The molecule has 3 rings (SSSR count). The number of nitrogens with zero attached hydrogens (tertiary/aromatic N) is 4. The van der Waals surface area contributed by atoms with Crippen LogP contribution >= 0.6 is 0 Å². The summed E-state index contributed by atoms with van der Waals surface area (Å²) in [4.78, 5) is 8.23. The van der Waals surface area contributed by atoms with Crippen LogP contribution in [0.3, 0.4) is 0 Å². The summed E-state index contributed by atoms with van der Waals surface area (Å²) < 4.78 is 71.4. The predicted octanol–water partition coefficient (Wildman–Crippen LogP) is 4.99. The lowest BCUT2D eigenvalue weighted by atomic mass is 10.0. The van der Waals surface area contributed by atoms with Crippen molar-refractivity contribution in [2.24, 2.45) is 0 Å². The third kappa shape index (κ3) is 4.51. The Morgan fingerprint density at radius 2 is 1.96 bits per heavy atom. The Morgan fingerprint density at radius 3 is 2.68 bits per heavy atom. The number of anilines is 4. The molecule has 3 aromatic rings. The van der Waals surface area contributed by atoms with Crippen molar-refractivity contribution in [1.29, 1.82) is 10.5 Å². The Kier molecular flexibility index (Phi) is 3.10. The Hall–Kier alpha value is -4.16. The predicted molar refractivity (Wildman–Crippen MR) is 110 cm³/mol. The highest BCUT2D eigenvalue weighted by Crippen LogP contribution is 2.26. The second kappa shape index (κ2) is 8.48. The minimum absolute atomic E-state index is 0.0925. The molecule has 0 unspecified atom stereocenters. The van der Waals surface area contributed by atoms with Crippen molar-refractivity contribution < 1.29 is 12.3 Å². The van der Waals surface area contributed by atoms with Crippen LogP contribution in [0.4, 0.5) is 23.1 Å². The number of nitriles is 2. The smallest absolute Gasteiger partial charge is 0.229 e. The fraction of sp³-hybridized carbons (Fsp3) is 0.0909. The fourth-order valence-corrected chi connectivity index (χ4v) is 2.28. The van der Waals surface area contributed by atoms with Crippen molar-refractivity contribution in [3.8, 4) is 12.1 Å². The molecular formula is C22H18N6. The fourth-order valence-electron chi connectivity index (χ4n) is 2.28. The van der Waals surface area contributed by atoms with E-state index in [0.29, 0.717) is 5.56 Å². The van der Waals surface area contributed by atoms with Crippen molar-refractivity contribution in [1.82, 2.24) is 9.97 Å². The van der Waals surface area contributed by atoms with E-state index in [1.807, 2.05) is 0 Å². The van der Waals surface area contributed by atoms with Gasteiger partial charge in [0.2, 0.25) is 5.95 Å². The molecule has 0 aliphatic heterocycles. The van der Waals surface area contributed by atoms with Gasteiger partial charge in [0.1, 0.15) is 5.82 Å². The molecule has 136 valence electrons. The summed E-state index contributed by atoms with van der Waals surface area (Å²) in [5.41, 5.74) is -0.154. The molecule has 0 bridgehead atoms. The molecule has 6 nitrogen and oxygen atoms in total. The van der Waals surface area contributed by atoms with Gasteiger partial charge in [-0.15, -0.1) is 0 Å². The van der Waals surface area contributed by atoms with Gasteiger partial charge in [-0.2, -0.15) is 15.5 Å². The van der Waals surface area contributed by atoms with E-state index in [4.69, 9.17) is 22.9 Å². The van der Waals surface area contributed by atoms with E-state index in [1.54, 1.807) is 19.1 Å². The van der Waals surface area contributed by atoms with Crippen LogP contribution in [0.15, 0.2) is 54.6 Å². The first-order valence-electron chi connectivity index (χ1n) is 12.4. The number of benzene rings is 2. The van der Waals surface area contributed by atoms with Gasteiger partial charge in [0, 0.05) is 27.7 Å². The zero-order valence-corrected chi connectivity index (χ0v) is 14.6. The number of allylic oxidation sites excluding steroid dienone is 1. The minimum Gasteiger partial charge on any atom is -0.340 e.